The van der Waals surface area contributed by atoms with E-state index < -0.39 is 60.0 Å². The van der Waals surface area contributed by atoms with Crippen molar-refractivity contribution in [1.29, 1.82) is 0 Å². The van der Waals surface area contributed by atoms with Gasteiger partial charge in [0.25, 0.3) is 5.91 Å². The van der Waals surface area contributed by atoms with Gasteiger partial charge in [-0.2, -0.15) is 0 Å². The Labute approximate surface area is 165 Å². The maximum absolute atomic E-state index is 13.5. The molecule has 2 N–H and O–H groups in total. The number of halogens is 3. The SMILES string of the molecule is CC[C@H](C(=O)OCC(=O)NCC(=O)Nc1ccc(F)c(F)c1F)c1ccccc1. The van der Waals surface area contributed by atoms with E-state index in [1.165, 1.54) is 0 Å². The summed E-state index contributed by atoms with van der Waals surface area (Å²) in [5.74, 6) is -7.39. The molecule has 1 atom stereocenters. The van der Waals surface area contributed by atoms with E-state index in [1.807, 2.05) is 11.4 Å². The number of rotatable bonds is 8. The quantitative estimate of drug-likeness (QED) is 0.520. The molecule has 154 valence electrons. The smallest absolute Gasteiger partial charge is 0.313 e. The van der Waals surface area contributed by atoms with Crippen LogP contribution in [0.5, 0.6) is 0 Å². The molecule has 2 aromatic carbocycles. The van der Waals surface area contributed by atoms with Gasteiger partial charge in [-0.25, -0.2) is 13.2 Å². The first-order chi connectivity index (χ1) is 13.8. The molecule has 2 rings (SSSR count). The van der Waals surface area contributed by atoms with Crippen LogP contribution in [-0.4, -0.2) is 30.9 Å². The van der Waals surface area contributed by atoms with E-state index in [0.717, 1.165) is 11.6 Å². The molecule has 0 spiro atoms. The monoisotopic (exact) mass is 408 g/mol. The maximum Gasteiger partial charge on any atom is 0.313 e. The summed E-state index contributed by atoms with van der Waals surface area (Å²) in [6.45, 7) is 0.625. The van der Waals surface area contributed by atoms with Crippen molar-refractivity contribution in [1.82, 2.24) is 5.32 Å². The van der Waals surface area contributed by atoms with Gasteiger partial charge in [0.2, 0.25) is 5.91 Å². The maximum atomic E-state index is 13.5. The van der Waals surface area contributed by atoms with Crippen LogP contribution in [0.1, 0.15) is 24.8 Å². The van der Waals surface area contributed by atoms with Crippen LogP contribution < -0.4 is 10.6 Å². The summed E-state index contributed by atoms with van der Waals surface area (Å²) in [5, 5.41) is 4.19. The Morgan fingerprint density at radius 2 is 1.66 bits per heavy atom. The van der Waals surface area contributed by atoms with Gasteiger partial charge < -0.3 is 15.4 Å². The number of ether oxygens (including phenoxy) is 1. The third kappa shape index (κ3) is 6.06. The summed E-state index contributed by atoms with van der Waals surface area (Å²) in [7, 11) is 0. The lowest BCUT2D eigenvalue weighted by Gasteiger charge is -2.14. The molecule has 0 radical (unpaired) electrons. The van der Waals surface area contributed by atoms with Gasteiger partial charge in [-0.3, -0.25) is 14.4 Å². The Hall–Kier alpha value is -3.36. The summed E-state index contributed by atoms with van der Waals surface area (Å²) in [6, 6.07) is 10.4. The number of benzene rings is 2. The van der Waals surface area contributed by atoms with Gasteiger partial charge in [-0.1, -0.05) is 37.3 Å². The van der Waals surface area contributed by atoms with E-state index in [1.54, 1.807) is 31.2 Å². The molecule has 0 aliphatic carbocycles. The zero-order valence-electron chi connectivity index (χ0n) is 15.5. The van der Waals surface area contributed by atoms with E-state index >= 15 is 0 Å². The lowest BCUT2D eigenvalue weighted by molar-refractivity contribution is -0.150. The molecule has 9 heteroatoms. The van der Waals surface area contributed by atoms with Crippen molar-refractivity contribution >= 4 is 23.5 Å². The van der Waals surface area contributed by atoms with E-state index in [0.29, 0.717) is 12.5 Å². The highest BCUT2D eigenvalue weighted by atomic mass is 19.2. The first kappa shape index (κ1) is 21.9. The summed E-state index contributed by atoms with van der Waals surface area (Å²) >= 11 is 0. The molecule has 0 aromatic heterocycles. The number of esters is 1. The van der Waals surface area contributed by atoms with E-state index in [2.05, 4.69) is 5.32 Å². The lowest BCUT2D eigenvalue weighted by Crippen LogP contribution is -2.36. The molecule has 0 fully saturated rings. The van der Waals surface area contributed by atoms with Crippen LogP contribution in [-0.2, 0) is 19.1 Å². The summed E-state index contributed by atoms with van der Waals surface area (Å²) in [4.78, 5) is 35.7. The molecule has 0 aliphatic heterocycles. The van der Waals surface area contributed by atoms with Gasteiger partial charge in [0, 0.05) is 0 Å². The number of nitrogens with one attached hydrogen (secondary N) is 2. The van der Waals surface area contributed by atoms with Crippen LogP contribution in [0.15, 0.2) is 42.5 Å². The van der Waals surface area contributed by atoms with Gasteiger partial charge in [-0.05, 0) is 24.1 Å². The predicted octanol–water partition coefficient (Wildman–Crippen LogP) is 2.90. The number of anilines is 1. The van der Waals surface area contributed by atoms with Crippen molar-refractivity contribution < 1.29 is 32.3 Å². The van der Waals surface area contributed by atoms with Crippen LogP contribution in [0.2, 0.25) is 0 Å². The fraction of sp³-hybridized carbons (Fsp3) is 0.250. The number of carbonyl (C=O) groups excluding carboxylic acids is 3. The zero-order chi connectivity index (χ0) is 21.4. The molecule has 0 aliphatic rings. The molecular formula is C20H19F3N2O4. The fourth-order valence-corrected chi connectivity index (χ4v) is 2.51. The highest BCUT2D eigenvalue weighted by Gasteiger charge is 2.21. The summed E-state index contributed by atoms with van der Waals surface area (Å²) in [6.07, 6.45) is 0.479. The summed E-state index contributed by atoms with van der Waals surface area (Å²) < 4.78 is 44.5. The number of carbonyl (C=O) groups is 3. The van der Waals surface area contributed by atoms with Crippen LogP contribution >= 0.6 is 0 Å². The van der Waals surface area contributed by atoms with Crippen molar-refractivity contribution in [2.75, 3.05) is 18.5 Å². The molecule has 2 amide bonds. The minimum atomic E-state index is -1.72. The molecule has 6 nitrogen and oxygen atoms in total. The van der Waals surface area contributed by atoms with Gasteiger partial charge in [-0.15, -0.1) is 0 Å². The molecule has 29 heavy (non-hydrogen) atoms. The van der Waals surface area contributed by atoms with Crippen LogP contribution in [0.25, 0.3) is 0 Å². The summed E-state index contributed by atoms with van der Waals surface area (Å²) in [5.41, 5.74) is 0.191. The topological polar surface area (TPSA) is 84.5 Å². The van der Waals surface area contributed by atoms with E-state index in [4.69, 9.17) is 4.74 Å². The van der Waals surface area contributed by atoms with Gasteiger partial charge >= 0.3 is 5.97 Å². The second-order valence-electron chi connectivity index (χ2n) is 6.03. The van der Waals surface area contributed by atoms with Crippen molar-refractivity contribution in [2.24, 2.45) is 0 Å². The van der Waals surface area contributed by atoms with Crippen LogP contribution in [0.4, 0.5) is 18.9 Å². The third-order valence-electron chi connectivity index (χ3n) is 4.00. The van der Waals surface area contributed by atoms with Gasteiger partial charge in [0.1, 0.15) is 0 Å². The Balaban J connectivity index is 1.80. The molecule has 0 saturated heterocycles. The second kappa shape index (κ2) is 10.3. The first-order valence-electron chi connectivity index (χ1n) is 8.75. The average Bonchev–Trinajstić information content (AvgIpc) is 2.72. The third-order valence-corrected chi connectivity index (χ3v) is 4.00. The molecule has 0 bridgehead atoms. The average molecular weight is 408 g/mol. The van der Waals surface area contributed by atoms with Gasteiger partial charge in [0.15, 0.2) is 24.1 Å². The van der Waals surface area contributed by atoms with Crippen molar-refractivity contribution in [3.8, 4) is 0 Å². The van der Waals surface area contributed by atoms with E-state index in [9.17, 15) is 27.6 Å². The first-order valence-corrected chi connectivity index (χ1v) is 8.75. The van der Waals surface area contributed by atoms with E-state index in [-0.39, 0.29) is 0 Å². The standard InChI is InChI=1S/C20H19F3N2O4/c1-2-13(12-6-4-3-5-7-12)20(28)29-11-17(27)24-10-16(26)25-15-9-8-14(21)18(22)19(15)23/h3-9,13H,2,10-11H2,1H3,(H,24,27)(H,25,26)/t13-/m0/s1. The van der Waals surface area contributed by atoms with Crippen molar-refractivity contribution in [3.63, 3.8) is 0 Å². The molecule has 0 heterocycles. The molecule has 0 saturated carbocycles. The number of amides is 2. The minimum Gasteiger partial charge on any atom is -0.455 e. The molecule has 0 unspecified atom stereocenters. The predicted molar refractivity (Wildman–Crippen MR) is 98.4 cm³/mol. The largest absolute Gasteiger partial charge is 0.455 e. The number of hydrogen-bond donors (Lipinski definition) is 2. The minimum absolute atomic E-state index is 0.479. The Morgan fingerprint density at radius 1 is 0.966 bits per heavy atom. The fourth-order valence-electron chi connectivity index (χ4n) is 2.51. The Bertz CT molecular complexity index is 891. The Morgan fingerprint density at radius 3 is 2.31 bits per heavy atom. The molecular weight excluding hydrogens is 389 g/mol. The zero-order valence-corrected chi connectivity index (χ0v) is 15.5. The molecule has 2 aromatic rings. The number of hydrogen-bond acceptors (Lipinski definition) is 4. The lowest BCUT2D eigenvalue weighted by atomic mass is 9.97. The van der Waals surface area contributed by atoms with Crippen molar-refractivity contribution in [2.45, 2.75) is 19.3 Å². The Kier molecular flexibility index (Phi) is 7.76. The van der Waals surface area contributed by atoms with Crippen molar-refractivity contribution in [3.05, 3.63) is 65.5 Å². The highest BCUT2D eigenvalue weighted by Crippen LogP contribution is 2.21. The van der Waals surface area contributed by atoms with Crippen LogP contribution in [0, 0.1) is 17.5 Å². The second-order valence-corrected chi connectivity index (χ2v) is 6.03. The highest BCUT2D eigenvalue weighted by molar-refractivity contribution is 5.95. The normalized spacial score (nSPS) is 11.4. The van der Waals surface area contributed by atoms with Gasteiger partial charge in [0.05, 0.1) is 18.2 Å². The van der Waals surface area contributed by atoms with Crippen LogP contribution in [0.3, 0.4) is 0 Å².